The van der Waals surface area contributed by atoms with Crippen LogP contribution in [0.5, 0.6) is 0 Å². The zero-order valence-corrected chi connectivity index (χ0v) is 13.6. The van der Waals surface area contributed by atoms with E-state index in [0.29, 0.717) is 6.04 Å². The van der Waals surface area contributed by atoms with Crippen molar-refractivity contribution in [2.45, 2.75) is 19.4 Å². The second kappa shape index (κ2) is 6.67. The van der Waals surface area contributed by atoms with Gasteiger partial charge in [0.05, 0.1) is 0 Å². The Hall–Kier alpha value is -1.59. The van der Waals surface area contributed by atoms with Gasteiger partial charge in [0.1, 0.15) is 0 Å². The summed E-state index contributed by atoms with van der Waals surface area (Å²) in [4.78, 5) is 19.3. The molecule has 5 heteroatoms. The van der Waals surface area contributed by atoms with E-state index in [9.17, 15) is 4.79 Å². The fourth-order valence-electron chi connectivity index (χ4n) is 3.37. The maximum absolute atomic E-state index is 12.5. The van der Waals surface area contributed by atoms with E-state index in [1.807, 2.05) is 17.0 Å². The summed E-state index contributed by atoms with van der Waals surface area (Å²) >= 11 is 0. The molecule has 2 fully saturated rings. The number of nitrogens with one attached hydrogen (secondary N) is 1. The lowest BCUT2D eigenvalue weighted by Gasteiger charge is -2.46. The lowest BCUT2D eigenvalue weighted by molar-refractivity contribution is 0.0353. The number of piperazine rings is 2. The molecule has 120 valence electrons. The highest BCUT2D eigenvalue weighted by Gasteiger charge is 2.32. The topological polar surface area (TPSA) is 38.8 Å². The molecule has 1 aromatic carbocycles. The number of carbonyl (C=O) groups excluding carboxylic acids is 1. The van der Waals surface area contributed by atoms with Gasteiger partial charge in [0.25, 0.3) is 0 Å². The number of urea groups is 1. The maximum Gasteiger partial charge on any atom is 0.321 e. The number of nitrogens with zero attached hydrogens (tertiary/aromatic N) is 3. The number of likely N-dealkylation sites (N-methyl/N-ethyl adjacent to an activating group) is 1. The van der Waals surface area contributed by atoms with Crippen molar-refractivity contribution in [3.63, 3.8) is 0 Å². The predicted octanol–water partition coefficient (Wildman–Crippen LogP) is 1.71. The molecule has 0 aromatic heterocycles. The van der Waals surface area contributed by atoms with E-state index < -0.39 is 0 Å². The SMILES string of the molecule is CCc1cccc(NC(=O)N2CCN3CCN(C)C[C@H]3C2)c1. The molecule has 22 heavy (non-hydrogen) atoms. The van der Waals surface area contributed by atoms with Crippen LogP contribution < -0.4 is 5.32 Å². The molecule has 3 rings (SSSR count). The van der Waals surface area contributed by atoms with Gasteiger partial charge < -0.3 is 15.1 Å². The molecule has 1 aromatic rings. The van der Waals surface area contributed by atoms with Gasteiger partial charge in [-0.1, -0.05) is 19.1 Å². The normalized spacial score (nSPS) is 23.2. The number of anilines is 1. The standard InChI is InChI=1S/C17H26N4O/c1-3-14-5-4-6-15(11-14)18-17(22)21-10-9-20-8-7-19(2)12-16(20)13-21/h4-6,11,16H,3,7-10,12-13H2,1-2H3,(H,18,22)/t16-/m0/s1. The number of hydrogen-bond donors (Lipinski definition) is 1. The summed E-state index contributed by atoms with van der Waals surface area (Å²) in [6, 6.07) is 8.61. The lowest BCUT2D eigenvalue weighted by Crippen LogP contribution is -2.62. The fraction of sp³-hybridized carbons (Fsp3) is 0.588. The molecular formula is C17H26N4O. The minimum absolute atomic E-state index is 0.0288. The third-order valence-corrected chi connectivity index (χ3v) is 4.77. The molecule has 2 aliphatic heterocycles. The highest BCUT2D eigenvalue weighted by molar-refractivity contribution is 5.89. The van der Waals surface area contributed by atoms with Gasteiger partial charge in [-0.2, -0.15) is 0 Å². The van der Waals surface area contributed by atoms with Crippen molar-refractivity contribution < 1.29 is 4.79 Å². The summed E-state index contributed by atoms with van der Waals surface area (Å²) in [7, 11) is 2.16. The first-order chi connectivity index (χ1) is 10.7. The van der Waals surface area contributed by atoms with E-state index in [2.05, 4.69) is 41.2 Å². The molecule has 2 saturated heterocycles. The average Bonchev–Trinajstić information content (AvgIpc) is 2.54. The number of amides is 2. The summed E-state index contributed by atoms with van der Waals surface area (Å²) < 4.78 is 0. The molecule has 2 aliphatic rings. The van der Waals surface area contributed by atoms with Crippen LogP contribution in [0.25, 0.3) is 0 Å². The smallest absolute Gasteiger partial charge is 0.321 e. The minimum atomic E-state index is 0.0288. The van der Waals surface area contributed by atoms with Crippen LogP contribution >= 0.6 is 0 Å². The number of rotatable bonds is 2. The third-order valence-electron chi connectivity index (χ3n) is 4.77. The molecule has 0 spiro atoms. The molecule has 1 atom stereocenters. The monoisotopic (exact) mass is 302 g/mol. The molecule has 0 radical (unpaired) electrons. The van der Waals surface area contributed by atoms with E-state index in [-0.39, 0.29) is 6.03 Å². The molecule has 0 bridgehead atoms. The number of aryl methyl sites for hydroxylation is 1. The first-order valence-electron chi connectivity index (χ1n) is 8.23. The van der Waals surface area contributed by atoms with Crippen LogP contribution in [0.3, 0.4) is 0 Å². The zero-order valence-electron chi connectivity index (χ0n) is 13.6. The summed E-state index contributed by atoms with van der Waals surface area (Å²) in [5.41, 5.74) is 2.14. The minimum Gasteiger partial charge on any atom is -0.322 e. The predicted molar refractivity (Wildman–Crippen MR) is 89.3 cm³/mol. The van der Waals surface area contributed by atoms with Gasteiger partial charge in [-0.15, -0.1) is 0 Å². The van der Waals surface area contributed by atoms with Crippen molar-refractivity contribution in [1.82, 2.24) is 14.7 Å². The van der Waals surface area contributed by atoms with Crippen LogP contribution in [0.4, 0.5) is 10.5 Å². The van der Waals surface area contributed by atoms with Crippen molar-refractivity contribution in [3.8, 4) is 0 Å². The van der Waals surface area contributed by atoms with E-state index in [1.54, 1.807) is 0 Å². The van der Waals surface area contributed by atoms with Crippen molar-refractivity contribution in [1.29, 1.82) is 0 Å². The summed E-state index contributed by atoms with van der Waals surface area (Å²) in [6.45, 7) is 8.06. The Morgan fingerprint density at radius 1 is 1.23 bits per heavy atom. The Morgan fingerprint density at radius 3 is 2.86 bits per heavy atom. The van der Waals surface area contributed by atoms with Gasteiger partial charge in [0, 0.05) is 51.0 Å². The lowest BCUT2D eigenvalue weighted by atomic mass is 10.1. The van der Waals surface area contributed by atoms with Crippen molar-refractivity contribution in [3.05, 3.63) is 29.8 Å². The zero-order chi connectivity index (χ0) is 15.5. The number of carbonyl (C=O) groups is 1. The van der Waals surface area contributed by atoms with Crippen LogP contribution in [0.2, 0.25) is 0 Å². The largest absolute Gasteiger partial charge is 0.322 e. The first-order valence-corrected chi connectivity index (χ1v) is 8.23. The number of fused-ring (bicyclic) bond motifs is 1. The van der Waals surface area contributed by atoms with Crippen molar-refractivity contribution in [2.24, 2.45) is 0 Å². The van der Waals surface area contributed by atoms with Crippen molar-refractivity contribution >= 4 is 11.7 Å². The van der Waals surface area contributed by atoms with Crippen LogP contribution in [-0.4, -0.2) is 73.1 Å². The fourth-order valence-corrected chi connectivity index (χ4v) is 3.37. The summed E-state index contributed by atoms with van der Waals surface area (Å²) in [5.74, 6) is 0. The van der Waals surface area contributed by atoms with E-state index in [4.69, 9.17) is 0 Å². The molecule has 0 unspecified atom stereocenters. The second-order valence-electron chi connectivity index (χ2n) is 6.38. The molecular weight excluding hydrogens is 276 g/mol. The van der Waals surface area contributed by atoms with Crippen molar-refractivity contribution in [2.75, 3.05) is 51.6 Å². The third kappa shape index (κ3) is 3.42. The van der Waals surface area contributed by atoms with E-state index in [1.165, 1.54) is 5.56 Å². The molecule has 1 N–H and O–H groups in total. The van der Waals surface area contributed by atoms with Gasteiger partial charge in [0.2, 0.25) is 0 Å². The summed E-state index contributed by atoms with van der Waals surface area (Å²) in [6.07, 6.45) is 0.983. The van der Waals surface area contributed by atoms with Gasteiger partial charge in [-0.25, -0.2) is 4.79 Å². The Kier molecular flexibility index (Phi) is 4.64. The van der Waals surface area contributed by atoms with E-state index >= 15 is 0 Å². The molecule has 0 saturated carbocycles. The van der Waals surface area contributed by atoms with Gasteiger partial charge >= 0.3 is 6.03 Å². The molecule has 0 aliphatic carbocycles. The van der Waals surface area contributed by atoms with Crippen LogP contribution in [0.1, 0.15) is 12.5 Å². The van der Waals surface area contributed by atoms with Crippen LogP contribution in [-0.2, 0) is 6.42 Å². The van der Waals surface area contributed by atoms with Crippen LogP contribution in [0, 0.1) is 0 Å². The number of hydrogen-bond acceptors (Lipinski definition) is 3. The molecule has 2 amide bonds. The van der Waals surface area contributed by atoms with Crippen LogP contribution in [0.15, 0.2) is 24.3 Å². The highest BCUT2D eigenvalue weighted by atomic mass is 16.2. The first kappa shape index (κ1) is 15.3. The quantitative estimate of drug-likeness (QED) is 0.904. The second-order valence-corrected chi connectivity index (χ2v) is 6.38. The number of benzene rings is 1. The molecule has 2 heterocycles. The van der Waals surface area contributed by atoms with Gasteiger partial charge in [0.15, 0.2) is 0 Å². The Labute approximate surface area is 132 Å². The Bertz CT molecular complexity index is 533. The van der Waals surface area contributed by atoms with Gasteiger partial charge in [-0.3, -0.25) is 4.90 Å². The highest BCUT2D eigenvalue weighted by Crippen LogP contribution is 2.17. The Morgan fingerprint density at radius 2 is 2.05 bits per heavy atom. The van der Waals surface area contributed by atoms with E-state index in [0.717, 1.165) is 51.4 Å². The maximum atomic E-state index is 12.5. The molecule has 5 nitrogen and oxygen atoms in total. The summed E-state index contributed by atoms with van der Waals surface area (Å²) in [5, 5.41) is 3.05. The average molecular weight is 302 g/mol. The van der Waals surface area contributed by atoms with Gasteiger partial charge in [-0.05, 0) is 31.2 Å². The Balaban J connectivity index is 1.60.